The van der Waals surface area contributed by atoms with Crippen molar-refractivity contribution in [1.82, 2.24) is 10.3 Å². The standard InChI is InChI=1S/C18H18F3N3O2/c19-18(20,21)12-3-6-15(7-4-12)26-17-8-5-14(11-23-17)24-16(25)10-13-2-1-9-22-13/h3-8,11,13,22H,1-2,9-10H2,(H,24,25). The van der Waals surface area contributed by atoms with Crippen LogP contribution in [0, 0.1) is 0 Å². The molecule has 1 amide bonds. The third-order valence-corrected chi connectivity index (χ3v) is 4.02. The van der Waals surface area contributed by atoms with Crippen molar-refractivity contribution in [2.75, 3.05) is 11.9 Å². The van der Waals surface area contributed by atoms with Gasteiger partial charge in [0.25, 0.3) is 0 Å². The molecule has 26 heavy (non-hydrogen) atoms. The van der Waals surface area contributed by atoms with Gasteiger partial charge in [0.1, 0.15) is 5.75 Å². The normalized spacial score (nSPS) is 17.1. The summed E-state index contributed by atoms with van der Waals surface area (Å²) in [4.78, 5) is 16.0. The van der Waals surface area contributed by atoms with Gasteiger partial charge in [-0.05, 0) is 49.7 Å². The first-order chi connectivity index (χ1) is 12.4. The van der Waals surface area contributed by atoms with Crippen LogP contribution in [0.15, 0.2) is 42.6 Å². The summed E-state index contributed by atoms with van der Waals surface area (Å²) < 4.78 is 43.0. The van der Waals surface area contributed by atoms with Gasteiger partial charge in [-0.2, -0.15) is 13.2 Å². The Bertz CT molecular complexity index is 740. The van der Waals surface area contributed by atoms with Gasteiger partial charge < -0.3 is 15.4 Å². The third kappa shape index (κ3) is 4.95. The Morgan fingerprint density at radius 2 is 2.00 bits per heavy atom. The van der Waals surface area contributed by atoms with E-state index in [-0.39, 0.29) is 23.6 Å². The molecular weight excluding hydrogens is 347 g/mol. The minimum Gasteiger partial charge on any atom is -0.439 e. The molecule has 1 aliphatic rings. The zero-order valence-electron chi connectivity index (χ0n) is 13.8. The van der Waals surface area contributed by atoms with Crippen molar-refractivity contribution >= 4 is 11.6 Å². The molecule has 138 valence electrons. The van der Waals surface area contributed by atoms with Gasteiger partial charge in [-0.25, -0.2) is 4.98 Å². The van der Waals surface area contributed by atoms with Crippen LogP contribution >= 0.6 is 0 Å². The van der Waals surface area contributed by atoms with E-state index in [0.717, 1.165) is 31.5 Å². The number of ether oxygens (including phenoxy) is 1. The van der Waals surface area contributed by atoms with E-state index in [1.165, 1.54) is 18.3 Å². The van der Waals surface area contributed by atoms with E-state index in [1.807, 2.05) is 0 Å². The molecule has 2 N–H and O–H groups in total. The van der Waals surface area contributed by atoms with Crippen LogP contribution in [0.4, 0.5) is 18.9 Å². The molecule has 1 aliphatic heterocycles. The summed E-state index contributed by atoms with van der Waals surface area (Å²) in [7, 11) is 0. The summed E-state index contributed by atoms with van der Waals surface area (Å²) in [5, 5.41) is 6.02. The van der Waals surface area contributed by atoms with Gasteiger partial charge in [-0.3, -0.25) is 4.79 Å². The first-order valence-corrected chi connectivity index (χ1v) is 8.24. The van der Waals surface area contributed by atoms with Crippen LogP contribution in [0.5, 0.6) is 11.6 Å². The predicted octanol–water partition coefficient (Wildman–Crippen LogP) is 3.97. The number of nitrogens with zero attached hydrogens (tertiary/aromatic N) is 1. The molecule has 0 radical (unpaired) electrons. The Morgan fingerprint density at radius 1 is 1.23 bits per heavy atom. The first-order valence-electron chi connectivity index (χ1n) is 8.24. The lowest BCUT2D eigenvalue weighted by Crippen LogP contribution is -2.27. The minimum absolute atomic E-state index is 0.0948. The van der Waals surface area contributed by atoms with E-state index in [4.69, 9.17) is 4.74 Å². The molecule has 1 saturated heterocycles. The number of aromatic nitrogens is 1. The Morgan fingerprint density at radius 3 is 2.58 bits per heavy atom. The van der Waals surface area contributed by atoms with Crippen LogP contribution in [-0.2, 0) is 11.0 Å². The minimum atomic E-state index is -4.38. The second kappa shape index (κ2) is 7.74. The van der Waals surface area contributed by atoms with E-state index < -0.39 is 11.7 Å². The first kappa shape index (κ1) is 18.2. The average molecular weight is 365 g/mol. The number of pyridine rings is 1. The number of halogens is 3. The molecule has 5 nitrogen and oxygen atoms in total. The topological polar surface area (TPSA) is 63.2 Å². The Hall–Kier alpha value is -2.61. The number of hydrogen-bond donors (Lipinski definition) is 2. The molecule has 0 aliphatic carbocycles. The molecule has 1 unspecified atom stereocenters. The summed E-state index contributed by atoms with van der Waals surface area (Å²) in [6.07, 6.45) is -0.463. The van der Waals surface area contributed by atoms with E-state index in [2.05, 4.69) is 15.6 Å². The zero-order valence-corrected chi connectivity index (χ0v) is 13.8. The average Bonchev–Trinajstić information content (AvgIpc) is 3.09. The fraction of sp³-hybridized carbons (Fsp3) is 0.333. The number of amides is 1. The quantitative estimate of drug-likeness (QED) is 0.842. The van der Waals surface area contributed by atoms with Gasteiger partial charge in [0.05, 0.1) is 17.4 Å². The molecule has 1 aromatic heterocycles. The van der Waals surface area contributed by atoms with Gasteiger partial charge in [0.15, 0.2) is 0 Å². The summed E-state index contributed by atoms with van der Waals surface area (Å²) in [5.74, 6) is 0.373. The van der Waals surface area contributed by atoms with Gasteiger partial charge in [-0.15, -0.1) is 0 Å². The lowest BCUT2D eigenvalue weighted by Gasteiger charge is -2.11. The second-order valence-corrected chi connectivity index (χ2v) is 6.05. The van der Waals surface area contributed by atoms with Crippen LogP contribution in [0.25, 0.3) is 0 Å². The number of benzene rings is 1. The van der Waals surface area contributed by atoms with E-state index >= 15 is 0 Å². The zero-order chi connectivity index (χ0) is 18.6. The number of carbonyl (C=O) groups is 1. The largest absolute Gasteiger partial charge is 0.439 e. The number of alkyl halides is 3. The molecule has 8 heteroatoms. The molecule has 1 aromatic carbocycles. The fourth-order valence-electron chi connectivity index (χ4n) is 2.71. The smallest absolute Gasteiger partial charge is 0.416 e. The van der Waals surface area contributed by atoms with Gasteiger partial charge >= 0.3 is 6.18 Å². The molecule has 0 saturated carbocycles. The number of hydrogen-bond acceptors (Lipinski definition) is 4. The Kier molecular flexibility index (Phi) is 5.41. The SMILES string of the molecule is O=C(CC1CCCN1)Nc1ccc(Oc2ccc(C(F)(F)F)cc2)nc1. The summed E-state index contributed by atoms with van der Waals surface area (Å²) >= 11 is 0. The number of anilines is 1. The Balaban J connectivity index is 1.54. The van der Waals surface area contributed by atoms with Crippen molar-refractivity contribution in [1.29, 1.82) is 0 Å². The van der Waals surface area contributed by atoms with Crippen molar-refractivity contribution in [3.8, 4) is 11.6 Å². The van der Waals surface area contributed by atoms with Crippen LogP contribution in [-0.4, -0.2) is 23.5 Å². The highest BCUT2D eigenvalue weighted by Gasteiger charge is 2.30. The highest BCUT2D eigenvalue weighted by Crippen LogP contribution is 2.31. The van der Waals surface area contributed by atoms with E-state index in [1.54, 1.807) is 12.1 Å². The molecule has 0 bridgehead atoms. The van der Waals surface area contributed by atoms with Crippen molar-refractivity contribution in [2.24, 2.45) is 0 Å². The van der Waals surface area contributed by atoms with Crippen molar-refractivity contribution in [3.63, 3.8) is 0 Å². The maximum absolute atomic E-state index is 12.5. The number of rotatable bonds is 5. The molecule has 2 heterocycles. The molecule has 0 spiro atoms. The molecular formula is C18H18F3N3O2. The summed E-state index contributed by atoms with van der Waals surface area (Å²) in [6.45, 7) is 0.940. The maximum Gasteiger partial charge on any atom is 0.416 e. The van der Waals surface area contributed by atoms with Crippen LogP contribution < -0.4 is 15.4 Å². The maximum atomic E-state index is 12.5. The number of carbonyl (C=O) groups excluding carboxylic acids is 1. The molecule has 3 rings (SSSR count). The molecule has 1 atom stereocenters. The molecule has 1 fully saturated rings. The van der Waals surface area contributed by atoms with Crippen molar-refractivity contribution in [3.05, 3.63) is 48.2 Å². The fourth-order valence-corrected chi connectivity index (χ4v) is 2.71. The summed E-state index contributed by atoms with van der Waals surface area (Å²) in [5.41, 5.74) is -0.208. The van der Waals surface area contributed by atoms with Crippen LogP contribution in [0.2, 0.25) is 0 Å². The summed E-state index contributed by atoms with van der Waals surface area (Å²) in [6, 6.07) is 7.74. The monoisotopic (exact) mass is 365 g/mol. The second-order valence-electron chi connectivity index (χ2n) is 6.05. The number of nitrogens with one attached hydrogen (secondary N) is 2. The van der Waals surface area contributed by atoms with Gasteiger partial charge in [-0.1, -0.05) is 0 Å². The highest BCUT2D eigenvalue weighted by molar-refractivity contribution is 5.90. The van der Waals surface area contributed by atoms with Crippen LogP contribution in [0.1, 0.15) is 24.8 Å². The van der Waals surface area contributed by atoms with E-state index in [0.29, 0.717) is 12.1 Å². The Labute approximate surface area is 148 Å². The lowest BCUT2D eigenvalue weighted by molar-refractivity contribution is -0.137. The van der Waals surface area contributed by atoms with Crippen molar-refractivity contribution in [2.45, 2.75) is 31.5 Å². The van der Waals surface area contributed by atoms with Crippen LogP contribution in [0.3, 0.4) is 0 Å². The molecule has 2 aromatic rings. The third-order valence-electron chi connectivity index (χ3n) is 4.02. The predicted molar refractivity (Wildman–Crippen MR) is 90.0 cm³/mol. The lowest BCUT2D eigenvalue weighted by atomic mass is 10.1. The van der Waals surface area contributed by atoms with Gasteiger partial charge in [0.2, 0.25) is 11.8 Å². The van der Waals surface area contributed by atoms with Crippen molar-refractivity contribution < 1.29 is 22.7 Å². The van der Waals surface area contributed by atoms with Gasteiger partial charge in [0, 0.05) is 18.5 Å². The van der Waals surface area contributed by atoms with E-state index in [9.17, 15) is 18.0 Å². The highest BCUT2D eigenvalue weighted by atomic mass is 19.4.